The van der Waals surface area contributed by atoms with Crippen LogP contribution in [0.2, 0.25) is 0 Å². The van der Waals surface area contributed by atoms with Gasteiger partial charge in [-0.15, -0.1) is 0 Å². The summed E-state index contributed by atoms with van der Waals surface area (Å²) < 4.78 is 33.8. The molecule has 0 bridgehead atoms. The summed E-state index contributed by atoms with van der Waals surface area (Å²) in [6, 6.07) is 5.56. The van der Waals surface area contributed by atoms with E-state index in [2.05, 4.69) is 15.0 Å². The number of alkyl halides is 2. The van der Waals surface area contributed by atoms with Gasteiger partial charge in [-0.25, -0.2) is 0 Å². The number of ether oxygens (including phenoxy) is 2. The van der Waals surface area contributed by atoms with Crippen LogP contribution in [0.15, 0.2) is 24.3 Å². The van der Waals surface area contributed by atoms with E-state index in [-0.39, 0.29) is 23.8 Å². The second kappa shape index (κ2) is 7.51. The van der Waals surface area contributed by atoms with Crippen molar-refractivity contribution in [2.75, 3.05) is 25.0 Å². The lowest BCUT2D eigenvalue weighted by atomic mass is 10.2. The molecule has 0 radical (unpaired) electrons. The standard InChI is InChI=1S/C15H20F2N2O3/c1-10-9-19(7-8-21-10)11(2)14(20)18-12-3-5-13(6-4-12)22-15(16)17/h3-6,10-11,15H,7-9H2,1-2H3,(H,18,20)/t10-,11+/m0/s1. The van der Waals surface area contributed by atoms with E-state index in [1.807, 2.05) is 13.8 Å². The lowest BCUT2D eigenvalue weighted by Crippen LogP contribution is -2.50. The van der Waals surface area contributed by atoms with Gasteiger partial charge < -0.3 is 14.8 Å². The van der Waals surface area contributed by atoms with Gasteiger partial charge in [-0.2, -0.15) is 8.78 Å². The fourth-order valence-corrected chi connectivity index (χ4v) is 2.33. The molecule has 1 aromatic rings. The highest BCUT2D eigenvalue weighted by Crippen LogP contribution is 2.18. The van der Waals surface area contributed by atoms with Crippen molar-refractivity contribution >= 4 is 11.6 Å². The molecule has 0 spiro atoms. The van der Waals surface area contributed by atoms with Gasteiger partial charge in [-0.1, -0.05) is 0 Å². The Bertz CT molecular complexity index is 496. The smallest absolute Gasteiger partial charge is 0.387 e. The first kappa shape index (κ1) is 16.6. The van der Waals surface area contributed by atoms with Crippen LogP contribution >= 0.6 is 0 Å². The third kappa shape index (κ3) is 4.64. The molecule has 7 heteroatoms. The molecule has 1 saturated heterocycles. The van der Waals surface area contributed by atoms with Crippen LogP contribution in [0.3, 0.4) is 0 Å². The number of hydrogen-bond donors (Lipinski definition) is 1. The van der Waals surface area contributed by atoms with Crippen LogP contribution in [0.4, 0.5) is 14.5 Å². The molecule has 1 fully saturated rings. The molecule has 5 nitrogen and oxygen atoms in total. The third-order valence-electron chi connectivity index (χ3n) is 3.55. The molecule has 1 aliphatic heterocycles. The molecule has 122 valence electrons. The Kier molecular flexibility index (Phi) is 5.68. The molecule has 1 aromatic carbocycles. The predicted octanol–water partition coefficient (Wildman–Crippen LogP) is 2.34. The van der Waals surface area contributed by atoms with Crippen molar-refractivity contribution in [1.29, 1.82) is 0 Å². The van der Waals surface area contributed by atoms with Crippen LogP contribution in [0.25, 0.3) is 0 Å². The minimum absolute atomic E-state index is 0.0584. The lowest BCUT2D eigenvalue weighted by Gasteiger charge is -2.34. The number of carbonyl (C=O) groups excluding carboxylic acids is 1. The molecule has 0 aromatic heterocycles. The van der Waals surface area contributed by atoms with Crippen LogP contribution in [-0.4, -0.2) is 49.3 Å². The highest BCUT2D eigenvalue weighted by molar-refractivity contribution is 5.94. The normalized spacial score (nSPS) is 20.7. The maximum atomic E-state index is 12.2. The number of nitrogens with zero attached hydrogens (tertiary/aromatic N) is 1. The second-order valence-electron chi connectivity index (χ2n) is 5.24. The van der Waals surface area contributed by atoms with Gasteiger partial charge in [-0.05, 0) is 38.1 Å². The fourth-order valence-electron chi connectivity index (χ4n) is 2.33. The van der Waals surface area contributed by atoms with E-state index in [9.17, 15) is 13.6 Å². The summed E-state index contributed by atoms with van der Waals surface area (Å²) in [6.07, 6.45) is 0.106. The van der Waals surface area contributed by atoms with Crippen molar-refractivity contribution < 1.29 is 23.0 Å². The third-order valence-corrected chi connectivity index (χ3v) is 3.55. The van der Waals surface area contributed by atoms with Crippen molar-refractivity contribution in [3.63, 3.8) is 0 Å². The predicted molar refractivity (Wildman–Crippen MR) is 78.2 cm³/mol. The van der Waals surface area contributed by atoms with Crippen molar-refractivity contribution in [3.8, 4) is 5.75 Å². The molecule has 0 saturated carbocycles. The number of anilines is 1. The number of amides is 1. The van der Waals surface area contributed by atoms with Crippen LogP contribution in [0, 0.1) is 0 Å². The summed E-state index contributed by atoms with van der Waals surface area (Å²) in [4.78, 5) is 14.3. The summed E-state index contributed by atoms with van der Waals surface area (Å²) in [5.41, 5.74) is 0.541. The Balaban J connectivity index is 1.90. The van der Waals surface area contributed by atoms with Crippen molar-refractivity contribution in [2.45, 2.75) is 32.6 Å². The summed E-state index contributed by atoms with van der Waals surface area (Å²) in [7, 11) is 0. The first-order chi connectivity index (χ1) is 10.5. The van der Waals surface area contributed by atoms with Crippen molar-refractivity contribution in [3.05, 3.63) is 24.3 Å². The number of halogens is 2. The molecule has 22 heavy (non-hydrogen) atoms. The van der Waals surface area contributed by atoms with E-state index in [0.29, 0.717) is 25.4 Å². The minimum atomic E-state index is -2.86. The lowest BCUT2D eigenvalue weighted by molar-refractivity contribution is -0.123. The first-order valence-electron chi connectivity index (χ1n) is 7.17. The Morgan fingerprint density at radius 2 is 2.09 bits per heavy atom. The molecular formula is C15H20F2N2O3. The van der Waals surface area contributed by atoms with E-state index in [0.717, 1.165) is 0 Å². The summed E-state index contributed by atoms with van der Waals surface area (Å²) in [5.74, 6) is -0.0836. The van der Waals surface area contributed by atoms with E-state index in [4.69, 9.17) is 4.74 Å². The summed E-state index contributed by atoms with van der Waals surface area (Å²) >= 11 is 0. The number of benzene rings is 1. The molecule has 2 rings (SSSR count). The molecule has 2 atom stereocenters. The topological polar surface area (TPSA) is 50.8 Å². The average molecular weight is 314 g/mol. The fraction of sp³-hybridized carbons (Fsp3) is 0.533. The van der Waals surface area contributed by atoms with Crippen LogP contribution < -0.4 is 10.1 Å². The zero-order chi connectivity index (χ0) is 16.1. The van der Waals surface area contributed by atoms with Gasteiger partial charge in [-0.3, -0.25) is 9.69 Å². The Hall–Kier alpha value is -1.73. The molecule has 1 amide bonds. The maximum Gasteiger partial charge on any atom is 0.387 e. The Morgan fingerprint density at radius 1 is 1.41 bits per heavy atom. The van der Waals surface area contributed by atoms with E-state index in [1.165, 1.54) is 24.3 Å². The van der Waals surface area contributed by atoms with Gasteiger partial charge in [0.25, 0.3) is 0 Å². The molecule has 1 aliphatic rings. The molecule has 0 aliphatic carbocycles. The summed E-state index contributed by atoms with van der Waals surface area (Å²) in [5, 5.41) is 2.77. The highest BCUT2D eigenvalue weighted by Gasteiger charge is 2.26. The van der Waals surface area contributed by atoms with Crippen LogP contribution in [-0.2, 0) is 9.53 Å². The summed E-state index contributed by atoms with van der Waals surface area (Å²) in [6.45, 7) is 2.97. The highest BCUT2D eigenvalue weighted by atomic mass is 19.3. The maximum absolute atomic E-state index is 12.2. The molecule has 0 unspecified atom stereocenters. The number of rotatable bonds is 5. The van der Waals surface area contributed by atoms with E-state index >= 15 is 0 Å². The molecule has 1 N–H and O–H groups in total. The average Bonchev–Trinajstić information content (AvgIpc) is 2.48. The van der Waals surface area contributed by atoms with Gasteiger partial charge in [0.1, 0.15) is 5.75 Å². The van der Waals surface area contributed by atoms with Gasteiger partial charge >= 0.3 is 6.61 Å². The van der Waals surface area contributed by atoms with Crippen molar-refractivity contribution in [2.24, 2.45) is 0 Å². The minimum Gasteiger partial charge on any atom is -0.435 e. The Morgan fingerprint density at radius 3 is 2.68 bits per heavy atom. The second-order valence-corrected chi connectivity index (χ2v) is 5.24. The van der Waals surface area contributed by atoms with Gasteiger partial charge in [0.15, 0.2) is 0 Å². The number of nitrogens with one attached hydrogen (secondary N) is 1. The van der Waals surface area contributed by atoms with Gasteiger partial charge in [0.05, 0.1) is 18.8 Å². The van der Waals surface area contributed by atoms with Gasteiger partial charge in [0.2, 0.25) is 5.91 Å². The van der Waals surface area contributed by atoms with Gasteiger partial charge in [0, 0.05) is 18.8 Å². The zero-order valence-electron chi connectivity index (χ0n) is 12.6. The monoisotopic (exact) mass is 314 g/mol. The Labute approximate surface area is 128 Å². The number of hydrogen-bond acceptors (Lipinski definition) is 4. The molecular weight excluding hydrogens is 294 g/mol. The van der Waals surface area contributed by atoms with E-state index < -0.39 is 6.61 Å². The first-order valence-corrected chi connectivity index (χ1v) is 7.17. The molecule has 1 heterocycles. The number of morpholine rings is 1. The van der Waals surface area contributed by atoms with Crippen molar-refractivity contribution in [1.82, 2.24) is 4.90 Å². The quantitative estimate of drug-likeness (QED) is 0.906. The largest absolute Gasteiger partial charge is 0.435 e. The van der Waals surface area contributed by atoms with E-state index in [1.54, 1.807) is 0 Å². The van der Waals surface area contributed by atoms with Crippen LogP contribution in [0.1, 0.15) is 13.8 Å². The SMILES string of the molecule is C[C@H](C(=O)Nc1ccc(OC(F)F)cc1)N1CCO[C@@H](C)C1. The number of carbonyl (C=O) groups is 1. The van der Waals surface area contributed by atoms with Crippen LogP contribution in [0.5, 0.6) is 5.75 Å². The zero-order valence-corrected chi connectivity index (χ0v) is 12.6.